The summed E-state index contributed by atoms with van der Waals surface area (Å²) in [5, 5.41) is 5.70. The van der Waals surface area contributed by atoms with Crippen LogP contribution in [-0.4, -0.2) is 23.3 Å². The molecular formula is C7H8N2O3. The van der Waals surface area contributed by atoms with Crippen LogP contribution in [0.3, 0.4) is 0 Å². The van der Waals surface area contributed by atoms with E-state index in [0.29, 0.717) is 5.56 Å². The van der Waals surface area contributed by atoms with Gasteiger partial charge in [0.15, 0.2) is 0 Å². The summed E-state index contributed by atoms with van der Waals surface area (Å²) in [5.41, 5.74) is -0.000231. The number of hydrogen-bond donors (Lipinski definition) is 1. The molecule has 0 bridgehead atoms. The van der Waals surface area contributed by atoms with E-state index in [9.17, 15) is 9.59 Å². The van der Waals surface area contributed by atoms with Crippen molar-refractivity contribution in [2.24, 2.45) is 0 Å². The summed E-state index contributed by atoms with van der Waals surface area (Å²) in [6, 6.07) is 1.48. The Labute approximate surface area is 68.4 Å². The molecule has 0 saturated carbocycles. The number of nitrogens with zero attached hydrogens (tertiary/aromatic N) is 1. The minimum Gasteiger partial charge on any atom is -0.469 e. The van der Waals surface area contributed by atoms with Gasteiger partial charge in [0.05, 0.1) is 13.5 Å². The first-order valence-corrected chi connectivity index (χ1v) is 3.33. The van der Waals surface area contributed by atoms with E-state index in [1.165, 1.54) is 19.4 Å². The standard InChI is InChI=1S/C7H8N2O3/c1-12-6(10)4-5-2-3-8-9-7(5)11/h2-3H,4H2,1H3,(H,9,11). The Hall–Kier alpha value is -1.65. The number of rotatable bonds is 2. The van der Waals surface area contributed by atoms with Gasteiger partial charge in [-0.3, -0.25) is 9.59 Å². The second-order valence-electron chi connectivity index (χ2n) is 2.16. The molecular weight excluding hydrogens is 160 g/mol. The Kier molecular flexibility index (Phi) is 2.57. The molecule has 0 unspecified atom stereocenters. The lowest BCUT2D eigenvalue weighted by atomic mass is 10.2. The van der Waals surface area contributed by atoms with E-state index < -0.39 is 5.97 Å². The summed E-state index contributed by atoms with van der Waals surface area (Å²) in [6.07, 6.45) is 1.40. The first-order valence-electron chi connectivity index (χ1n) is 3.33. The van der Waals surface area contributed by atoms with Crippen molar-refractivity contribution in [3.8, 4) is 0 Å². The highest BCUT2D eigenvalue weighted by atomic mass is 16.5. The van der Waals surface area contributed by atoms with Crippen LogP contribution in [0.1, 0.15) is 5.56 Å². The zero-order chi connectivity index (χ0) is 8.97. The molecule has 0 amide bonds. The van der Waals surface area contributed by atoms with Crippen LogP contribution in [0.2, 0.25) is 0 Å². The molecule has 5 heteroatoms. The van der Waals surface area contributed by atoms with Crippen molar-refractivity contribution in [2.45, 2.75) is 6.42 Å². The van der Waals surface area contributed by atoms with Crippen molar-refractivity contribution in [3.63, 3.8) is 0 Å². The Morgan fingerprint density at radius 1 is 1.75 bits per heavy atom. The number of carbonyl (C=O) groups is 1. The topological polar surface area (TPSA) is 72.0 Å². The fraction of sp³-hybridized carbons (Fsp3) is 0.286. The van der Waals surface area contributed by atoms with Crippen molar-refractivity contribution in [2.75, 3.05) is 7.11 Å². The maximum Gasteiger partial charge on any atom is 0.310 e. The summed E-state index contributed by atoms with van der Waals surface area (Å²) in [7, 11) is 1.28. The summed E-state index contributed by atoms with van der Waals surface area (Å²) in [5.74, 6) is -0.438. The highest BCUT2D eigenvalue weighted by Crippen LogP contribution is 1.90. The lowest BCUT2D eigenvalue weighted by molar-refractivity contribution is -0.139. The Morgan fingerprint density at radius 2 is 2.50 bits per heavy atom. The lowest BCUT2D eigenvalue weighted by Crippen LogP contribution is -2.17. The average molecular weight is 168 g/mol. The predicted molar refractivity (Wildman–Crippen MR) is 40.6 cm³/mol. The van der Waals surface area contributed by atoms with Crippen molar-refractivity contribution < 1.29 is 9.53 Å². The first kappa shape index (κ1) is 8.45. The van der Waals surface area contributed by atoms with Crippen LogP contribution in [0, 0.1) is 0 Å². The minimum absolute atomic E-state index is 0.0195. The maximum atomic E-state index is 10.9. The van der Waals surface area contributed by atoms with Crippen molar-refractivity contribution in [1.82, 2.24) is 10.2 Å². The Bertz CT molecular complexity index is 331. The lowest BCUT2D eigenvalue weighted by Gasteiger charge is -1.96. The van der Waals surface area contributed by atoms with Crippen LogP contribution in [0.4, 0.5) is 0 Å². The largest absolute Gasteiger partial charge is 0.469 e. The summed E-state index contributed by atoms with van der Waals surface area (Å²) >= 11 is 0. The van der Waals surface area contributed by atoms with E-state index in [-0.39, 0.29) is 12.0 Å². The van der Waals surface area contributed by atoms with Gasteiger partial charge >= 0.3 is 5.97 Å². The zero-order valence-electron chi connectivity index (χ0n) is 6.53. The van der Waals surface area contributed by atoms with Gasteiger partial charge in [-0.15, -0.1) is 0 Å². The molecule has 1 N–H and O–H groups in total. The van der Waals surface area contributed by atoms with Crippen LogP contribution in [-0.2, 0) is 16.0 Å². The zero-order valence-corrected chi connectivity index (χ0v) is 6.53. The number of aromatic amines is 1. The summed E-state index contributed by atoms with van der Waals surface area (Å²) in [4.78, 5) is 21.7. The van der Waals surface area contributed by atoms with Gasteiger partial charge < -0.3 is 4.74 Å². The third kappa shape index (κ3) is 1.91. The SMILES string of the molecule is COC(=O)Cc1ccn[nH]c1=O. The van der Waals surface area contributed by atoms with Crippen LogP contribution >= 0.6 is 0 Å². The fourth-order valence-electron chi connectivity index (χ4n) is 0.738. The van der Waals surface area contributed by atoms with E-state index in [1.807, 2.05) is 0 Å². The molecule has 12 heavy (non-hydrogen) atoms. The normalized spacial score (nSPS) is 9.42. The number of carbonyl (C=O) groups excluding carboxylic acids is 1. The number of ether oxygens (including phenoxy) is 1. The van der Waals surface area contributed by atoms with Gasteiger partial charge in [0.2, 0.25) is 0 Å². The summed E-state index contributed by atoms with van der Waals surface area (Å²) in [6.45, 7) is 0. The Balaban J connectivity index is 2.83. The molecule has 1 aromatic rings. The second kappa shape index (κ2) is 3.66. The average Bonchev–Trinajstić information content (AvgIpc) is 2.09. The van der Waals surface area contributed by atoms with Crippen LogP contribution in [0.15, 0.2) is 17.1 Å². The quantitative estimate of drug-likeness (QED) is 0.603. The van der Waals surface area contributed by atoms with Gasteiger partial charge in [-0.1, -0.05) is 0 Å². The van der Waals surface area contributed by atoms with Gasteiger partial charge in [-0.2, -0.15) is 5.10 Å². The number of methoxy groups -OCH3 is 1. The number of H-pyrrole nitrogens is 1. The van der Waals surface area contributed by atoms with Crippen LogP contribution < -0.4 is 5.56 Å². The monoisotopic (exact) mass is 168 g/mol. The third-order valence-corrected chi connectivity index (χ3v) is 1.37. The molecule has 0 aromatic carbocycles. The fourth-order valence-corrected chi connectivity index (χ4v) is 0.738. The minimum atomic E-state index is -0.438. The molecule has 0 radical (unpaired) electrons. The molecule has 0 spiro atoms. The molecule has 0 fully saturated rings. The van der Waals surface area contributed by atoms with Gasteiger partial charge in [0.25, 0.3) is 5.56 Å². The van der Waals surface area contributed by atoms with Gasteiger partial charge in [-0.25, -0.2) is 5.10 Å². The summed E-state index contributed by atoms with van der Waals surface area (Å²) < 4.78 is 4.40. The van der Waals surface area contributed by atoms with Gasteiger partial charge in [0, 0.05) is 11.8 Å². The van der Waals surface area contributed by atoms with E-state index >= 15 is 0 Å². The Morgan fingerprint density at radius 3 is 3.08 bits per heavy atom. The predicted octanol–water partition coefficient (Wildman–Crippen LogP) is -0.515. The third-order valence-electron chi connectivity index (χ3n) is 1.37. The highest BCUT2D eigenvalue weighted by Gasteiger charge is 2.05. The molecule has 1 heterocycles. The van der Waals surface area contributed by atoms with Crippen LogP contribution in [0.25, 0.3) is 0 Å². The van der Waals surface area contributed by atoms with Crippen molar-refractivity contribution in [3.05, 3.63) is 28.2 Å². The number of nitrogens with one attached hydrogen (secondary N) is 1. The molecule has 0 atom stereocenters. The first-order chi connectivity index (χ1) is 5.74. The van der Waals surface area contributed by atoms with E-state index in [1.54, 1.807) is 0 Å². The molecule has 5 nitrogen and oxygen atoms in total. The van der Waals surface area contributed by atoms with Crippen LogP contribution in [0.5, 0.6) is 0 Å². The van der Waals surface area contributed by atoms with E-state index in [4.69, 9.17) is 0 Å². The van der Waals surface area contributed by atoms with Crippen molar-refractivity contribution >= 4 is 5.97 Å². The highest BCUT2D eigenvalue weighted by molar-refractivity contribution is 5.72. The van der Waals surface area contributed by atoms with E-state index in [2.05, 4.69) is 14.9 Å². The number of esters is 1. The smallest absolute Gasteiger partial charge is 0.310 e. The molecule has 0 aliphatic carbocycles. The maximum absolute atomic E-state index is 10.9. The number of hydrogen-bond acceptors (Lipinski definition) is 4. The molecule has 0 aliphatic heterocycles. The van der Waals surface area contributed by atoms with Gasteiger partial charge in [-0.05, 0) is 6.07 Å². The second-order valence-corrected chi connectivity index (χ2v) is 2.16. The molecule has 64 valence electrons. The molecule has 1 rings (SSSR count). The van der Waals surface area contributed by atoms with Gasteiger partial charge in [0.1, 0.15) is 0 Å². The number of aromatic nitrogens is 2. The van der Waals surface area contributed by atoms with E-state index in [0.717, 1.165) is 0 Å². The molecule has 0 aliphatic rings. The van der Waals surface area contributed by atoms with Crippen molar-refractivity contribution in [1.29, 1.82) is 0 Å². The molecule has 1 aromatic heterocycles. The molecule has 0 saturated heterocycles.